The van der Waals surface area contributed by atoms with E-state index in [1.165, 1.54) is 0 Å². The molecular weight excluding hydrogens is 410 g/mol. The number of amides is 1. The van der Waals surface area contributed by atoms with Gasteiger partial charge >= 0.3 is 0 Å². The Morgan fingerprint density at radius 2 is 1.81 bits per heavy atom. The van der Waals surface area contributed by atoms with Crippen molar-refractivity contribution in [2.45, 2.75) is 13.0 Å². The van der Waals surface area contributed by atoms with Gasteiger partial charge in [0.15, 0.2) is 0 Å². The van der Waals surface area contributed by atoms with E-state index in [4.69, 9.17) is 9.47 Å². The summed E-state index contributed by atoms with van der Waals surface area (Å²) >= 11 is 1.63. The molecule has 0 bridgehead atoms. The minimum atomic E-state index is -0.253. The van der Waals surface area contributed by atoms with Crippen molar-refractivity contribution in [2.75, 3.05) is 18.6 Å². The van der Waals surface area contributed by atoms with Gasteiger partial charge in [-0.15, -0.1) is 11.3 Å². The van der Waals surface area contributed by atoms with E-state index in [-0.39, 0.29) is 11.9 Å². The molecule has 0 aliphatic carbocycles. The van der Waals surface area contributed by atoms with Crippen molar-refractivity contribution in [2.24, 2.45) is 0 Å². The number of hydrogen-bond donors (Lipinski definition) is 1. The lowest BCUT2D eigenvalue weighted by atomic mass is 10.0. The molecule has 5 rings (SSSR count). The first-order chi connectivity index (χ1) is 15.2. The molecule has 6 nitrogen and oxygen atoms in total. The van der Waals surface area contributed by atoms with Crippen LogP contribution in [0, 0.1) is 0 Å². The summed E-state index contributed by atoms with van der Waals surface area (Å²) in [6.07, 6.45) is 0. The molecule has 4 aromatic rings. The molecule has 156 valence electrons. The number of nitrogens with zero attached hydrogens (tertiary/aromatic N) is 2. The summed E-state index contributed by atoms with van der Waals surface area (Å²) < 4.78 is 10.8. The number of hydrogen-bond acceptors (Lipinski definition) is 5. The standard InChI is InChI=1S/C24H21N3O3S/c1-3-30-18-12-8-16(9-13-18)27-23(19-5-4-14-31-19)20-21(25-26-22(20)24(27)28)15-6-10-17(29-2)11-7-15/h4-14,23H,3H2,1-2H3,(H,25,26)/t23-/m1/s1. The van der Waals surface area contributed by atoms with Gasteiger partial charge in [-0.25, -0.2) is 0 Å². The van der Waals surface area contributed by atoms with E-state index in [1.54, 1.807) is 18.4 Å². The summed E-state index contributed by atoms with van der Waals surface area (Å²) in [6.45, 7) is 2.55. The lowest BCUT2D eigenvalue weighted by Crippen LogP contribution is -2.28. The number of aromatic amines is 1. The number of ether oxygens (including phenoxy) is 2. The molecule has 2 aromatic carbocycles. The minimum Gasteiger partial charge on any atom is -0.497 e. The zero-order valence-electron chi connectivity index (χ0n) is 17.2. The molecule has 0 saturated heterocycles. The SMILES string of the molecule is CCOc1ccc(N2C(=O)c3[nH]nc(-c4ccc(OC)cc4)c3[C@H]2c2cccs2)cc1. The molecule has 0 saturated carbocycles. The van der Waals surface area contributed by atoms with Crippen LogP contribution in [0.5, 0.6) is 11.5 Å². The van der Waals surface area contributed by atoms with Crippen LogP contribution in [0.3, 0.4) is 0 Å². The van der Waals surface area contributed by atoms with Gasteiger partial charge in [-0.1, -0.05) is 6.07 Å². The van der Waals surface area contributed by atoms with Gasteiger partial charge in [0.05, 0.1) is 19.4 Å². The van der Waals surface area contributed by atoms with Crippen molar-refractivity contribution in [3.63, 3.8) is 0 Å². The van der Waals surface area contributed by atoms with E-state index in [1.807, 2.05) is 71.8 Å². The summed E-state index contributed by atoms with van der Waals surface area (Å²) in [5.74, 6) is 1.47. The Balaban J connectivity index is 1.62. The van der Waals surface area contributed by atoms with Gasteiger partial charge in [-0.2, -0.15) is 5.10 Å². The average molecular weight is 432 g/mol. The van der Waals surface area contributed by atoms with Crippen LogP contribution in [-0.2, 0) is 0 Å². The fraction of sp³-hybridized carbons (Fsp3) is 0.167. The van der Waals surface area contributed by atoms with E-state index in [2.05, 4.69) is 16.3 Å². The third kappa shape index (κ3) is 3.27. The fourth-order valence-corrected chi connectivity index (χ4v) is 4.79. The van der Waals surface area contributed by atoms with Crippen molar-refractivity contribution in [3.8, 4) is 22.8 Å². The smallest absolute Gasteiger partial charge is 0.277 e. The molecular formula is C24H21N3O3S. The van der Waals surface area contributed by atoms with Gasteiger partial charge in [0, 0.05) is 21.7 Å². The summed E-state index contributed by atoms with van der Waals surface area (Å²) in [4.78, 5) is 16.4. The molecule has 31 heavy (non-hydrogen) atoms. The van der Waals surface area contributed by atoms with Crippen LogP contribution < -0.4 is 14.4 Å². The van der Waals surface area contributed by atoms with Crippen LogP contribution in [-0.4, -0.2) is 29.8 Å². The zero-order valence-corrected chi connectivity index (χ0v) is 18.0. The molecule has 1 aliphatic heterocycles. The van der Waals surface area contributed by atoms with Crippen LogP contribution >= 0.6 is 11.3 Å². The highest BCUT2D eigenvalue weighted by atomic mass is 32.1. The molecule has 1 aliphatic rings. The molecule has 2 aromatic heterocycles. The Hall–Kier alpha value is -3.58. The number of carbonyl (C=O) groups excluding carboxylic acids is 1. The van der Waals surface area contributed by atoms with Gasteiger partial charge in [-0.3, -0.25) is 14.8 Å². The second-order valence-electron chi connectivity index (χ2n) is 7.11. The van der Waals surface area contributed by atoms with Crippen molar-refractivity contribution in [1.29, 1.82) is 0 Å². The monoisotopic (exact) mass is 431 g/mol. The number of rotatable bonds is 6. The lowest BCUT2D eigenvalue weighted by molar-refractivity contribution is 0.0989. The van der Waals surface area contributed by atoms with Crippen LogP contribution in [0.4, 0.5) is 5.69 Å². The highest BCUT2D eigenvalue weighted by Gasteiger charge is 2.43. The maximum absolute atomic E-state index is 13.5. The van der Waals surface area contributed by atoms with E-state index >= 15 is 0 Å². The Bertz CT molecular complexity index is 1200. The maximum Gasteiger partial charge on any atom is 0.277 e. The second kappa shape index (κ2) is 7.92. The Labute approximate surface area is 184 Å². The number of thiophene rings is 1. The molecule has 0 unspecified atom stereocenters. The third-order valence-electron chi connectivity index (χ3n) is 5.37. The third-order valence-corrected chi connectivity index (χ3v) is 6.30. The van der Waals surface area contributed by atoms with Gasteiger partial charge in [0.2, 0.25) is 0 Å². The van der Waals surface area contributed by atoms with Crippen molar-refractivity contribution >= 4 is 22.9 Å². The average Bonchev–Trinajstić information content (AvgIpc) is 3.53. The predicted molar refractivity (Wildman–Crippen MR) is 121 cm³/mol. The van der Waals surface area contributed by atoms with E-state index in [0.717, 1.165) is 38.9 Å². The Kier molecular flexibility index (Phi) is 4.95. The van der Waals surface area contributed by atoms with Crippen LogP contribution in [0.1, 0.15) is 33.9 Å². The summed E-state index contributed by atoms with van der Waals surface area (Å²) in [7, 11) is 1.64. The first kappa shape index (κ1) is 19.4. The lowest BCUT2D eigenvalue weighted by Gasteiger charge is -2.25. The van der Waals surface area contributed by atoms with Crippen LogP contribution in [0.2, 0.25) is 0 Å². The number of nitrogens with one attached hydrogen (secondary N) is 1. The number of H-pyrrole nitrogens is 1. The zero-order chi connectivity index (χ0) is 21.4. The number of anilines is 1. The Morgan fingerprint density at radius 1 is 1.06 bits per heavy atom. The summed E-state index contributed by atoms with van der Waals surface area (Å²) in [5.41, 5.74) is 3.95. The molecule has 1 atom stereocenters. The number of fused-ring (bicyclic) bond motifs is 1. The quantitative estimate of drug-likeness (QED) is 0.450. The summed E-state index contributed by atoms with van der Waals surface area (Å²) in [6, 6.07) is 19.2. The van der Waals surface area contributed by atoms with Crippen molar-refractivity contribution in [3.05, 3.63) is 82.2 Å². The van der Waals surface area contributed by atoms with Gasteiger partial charge < -0.3 is 9.47 Å². The van der Waals surface area contributed by atoms with Crippen molar-refractivity contribution < 1.29 is 14.3 Å². The van der Waals surface area contributed by atoms with Gasteiger partial charge in [0.25, 0.3) is 5.91 Å². The second-order valence-corrected chi connectivity index (χ2v) is 8.09. The highest BCUT2D eigenvalue weighted by Crippen LogP contribution is 2.46. The van der Waals surface area contributed by atoms with E-state index < -0.39 is 0 Å². The predicted octanol–water partition coefficient (Wildman–Crippen LogP) is 5.30. The highest BCUT2D eigenvalue weighted by molar-refractivity contribution is 7.10. The normalized spacial score (nSPS) is 15.2. The molecule has 1 N–H and O–H groups in total. The maximum atomic E-state index is 13.5. The number of carbonyl (C=O) groups is 1. The first-order valence-corrected chi connectivity index (χ1v) is 10.9. The van der Waals surface area contributed by atoms with Gasteiger partial charge in [-0.05, 0) is 66.9 Å². The molecule has 0 fully saturated rings. The van der Waals surface area contributed by atoms with Crippen LogP contribution in [0.25, 0.3) is 11.3 Å². The van der Waals surface area contributed by atoms with E-state index in [9.17, 15) is 4.79 Å². The topological polar surface area (TPSA) is 67.5 Å². The largest absolute Gasteiger partial charge is 0.497 e. The number of methoxy groups -OCH3 is 1. The molecule has 3 heterocycles. The molecule has 0 radical (unpaired) electrons. The molecule has 0 spiro atoms. The van der Waals surface area contributed by atoms with Crippen molar-refractivity contribution in [1.82, 2.24) is 10.2 Å². The van der Waals surface area contributed by atoms with Crippen LogP contribution in [0.15, 0.2) is 66.0 Å². The van der Waals surface area contributed by atoms with Gasteiger partial charge in [0.1, 0.15) is 23.2 Å². The fourth-order valence-electron chi connectivity index (χ4n) is 3.97. The first-order valence-electron chi connectivity index (χ1n) is 10.0. The van der Waals surface area contributed by atoms with E-state index in [0.29, 0.717) is 12.3 Å². The number of benzene rings is 2. The Morgan fingerprint density at radius 3 is 2.45 bits per heavy atom. The summed E-state index contributed by atoms with van der Waals surface area (Å²) in [5, 5.41) is 9.53. The number of aromatic nitrogens is 2. The molecule has 7 heteroatoms. The minimum absolute atomic E-state index is 0.0928. The molecule has 1 amide bonds.